The first-order valence-corrected chi connectivity index (χ1v) is 6.10. The van der Waals surface area contributed by atoms with Crippen molar-refractivity contribution in [2.24, 2.45) is 12.1 Å². The Balaban J connectivity index is 2.00. The van der Waals surface area contributed by atoms with Crippen molar-refractivity contribution >= 4 is 12.1 Å². The summed E-state index contributed by atoms with van der Waals surface area (Å²) in [6.45, 7) is 4.00. The van der Waals surface area contributed by atoms with Gasteiger partial charge in [0.05, 0.1) is 11.9 Å². The van der Waals surface area contributed by atoms with Crippen molar-refractivity contribution in [3.63, 3.8) is 0 Å². The van der Waals surface area contributed by atoms with Gasteiger partial charge in [-0.3, -0.25) is 4.79 Å². The van der Waals surface area contributed by atoms with Gasteiger partial charge in [0.25, 0.3) is 5.91 Å². The summed E-state index contributed by atoms with van der Waals surface area (Å²) in [5.41, 5.74) is 6.34. The number of nitrogens with one attached hydrogen (secondary N) is 1. The molecule has 19 heavy (non-hydrogen) atoms. The summed E-state index contributed by atoms with van der Waals surface area (Å²) >= 11 is 0. The number of rotatable bonds is 3. The Hall–Kier alpha value is -2.36. The van der Waals surface area contributed by atoms with E-state index >= 15 is 0 Å². The van der Waals surface area contributed by atoms with Crippen LogP contribution in [0.3, 0.4) is 0 Å². The molecule has 0 saturated heterocycles. The number of carbonyl (C=O) groups is 1. The maximum Gasteiger partial charge on any atom is 0.271 e. The van der Waals surface area contributed by atoms with Gasteiger partial charge in [-0.15, -0.1) is 0 Å². The van der Waals surface area contributed by atoms with Gasteiger partial charge in [-0.2, -0.15) is 5.10 Å². The summed E-state index contributed by atoms with van der Waals surface area (Å²) in [6, 6.07) is 11.3. The number of hydrogen-bond acceptors (Lipinski definition) is 2. The normalized spacial score (nSPS) is 10.9. The monoisotopic (exact) mass is 255 g/mol. The van der Waals surface area contributed by atoms with Gasteiger partial charge in [0.2, 0.25) is 0 Å². The number of carbonyl (C=O) groups excluding carboxylic acids is 1. The topological polar surface area (TPSA) is 46.4 Å². The first-order valence-electron chi connectivity index (χ1n) is 6.10. The van der Waals surface area contributed by atoms with Crippen LogP contribution in [-0.2, 0) is 7.05 Å². The van der Waals surface area contributed by atoms with Gasteiger partial charge >= 0.3 is 0 Å². The van der Waals surface area contributed by atoms with Crippen LogP contribution in [0.1, 0.15) is 27.3 Å². The molecule has 1 heterocycles. The molecule has 0 aliphatic heterocycles. The Bertz CT molecular complexity index is 609. The SMILES string of the molecule is Cc1ccc(C(=O)N/N=C/c2ccc(C)n2C)cc1. The molecule has 0 spiro atoms. The van der Waals surface area contributed by atoms with E-state index in [0.29, 0.717) is 5.56 Å². The molecule has 1 aromatic carbocycles. The Kier molecular flexibility index (Phi) is 3.80. The molecule has 1 N–H and O–H groups in total. The third kappa shape index (κ3) is 3.10. The molecule has 1 aromatic heterocycles. The lowest BCUT2D eigenvalue weighted by atomic mass is 10.1. The quantitative estimate of drug-likeness (QED) is 0.664. The number of nitrogens with zero attached hydrogens (tertiary/aromatic N) is 2. The van der Waals surface area contributed by atoms with E-state index in [2.05, 4.69) is 10.5 Å². The van der Waals surface area contributed by atoms with E-state index in [-0.39, 0.29) is 5.91 Å². The molecule has 4 heteroatoms. The van der Waals surface area contributed by atoms with Crippen LogP contribution in [0, 0.1) is 13.8 Å². The van der Waals surface area contributed by atoms with Crippen molar-refractivity contribution in [3.8, 4) is 0 Å². The second-order valence-corrected chi connectivity index (χ2v) is 4.52. The van der Waals surface area contributed by atoms with Crippen molar-refractivity contribution in [3.05, 3.63) is 58.9 Å². The van der Waals surface area contributed by atoms with E-state index in [4.69, 9.17) is 0 Å². The van der Waals surface area contributed by atoms with Crippen molar-refractivity contribution < 1.29 is 4.79 Å². The number of hydrogen-bond donors (Lipinski definition) is 1. The minimum atomic E-state index is -0.206. The lowest BCUT2D eigenvalue weighted by Crippen LogP contribution is -2.17. The van der Waals surface area contributed by atoms with Gasteiger partial charge in [0, 0.05) is 18.3 Å². The molecule has 1 amide bonds. The van der Waals surface area contributed by atoms with Gasteiger partial charge in [0.15, 0.2) is 0 Å². The van der Waals surface area contributed by atoms with E-state index in [0.717, 1.165) is 17.0 Å². The fourth-order valence-corrected chi connectivity index (χ4v) is 1.69. The number of amides is 1. The molecule has 0 saturated carbocycles. The van der Waals surface area contributed by atoms with Crippen LogP contribution in [0.2, 0.25) is 0 Å². The van der Waals surface area contributed by atoms with Gasteiger partial charge in [0.1, 0.15) is 0 Å². The smallest absolute Gasteiger partial charge is 0.271 e. The largest absolute Gasteiger partial charge is 0.347 e. The summed E-state index contributed by atoms with van der Waals surface area (Å²) in [4.78, 5) is 11.8. The van der Waals surface area contributed by atoms with E-state index in [1.807, 2.05) is 49.7 Å². The van der Waals surface area contributed by atoms with Gasteiger partial charge in [-0.1, -0.05) is 17.7 Å². The van der Waals surface area contributed by atoms with Crippen LogP contribution in [0.15, 0.2) is 41.5 Å². The van der Waals surface area contributed by atoms with Crippen LogP contribution in [0.25, 0.3) is 0 Å². The van der Waals surface area contributed by atoms with Crippen molar-refractivity contribution in [1.29, 1.82) is 0 Å². The number of benzene rings is 1. The average molecular weight is 255 g/mol. The van der Waals surface area contributed by atoms with Crippen LogP contribution < -0.4 is 5.43 Å². The van der Waals surface area contributed by atoms with Gasteiger partial charge in [-0.05, 0) is 38.1 Å². The predicted molar refractivity (Wildman–Crippen MR) is 76.4 cm³/mol. The average Bonchev–Trinajstić information content (AvgIpc) is 2.71. The van der Waals surface area contributed by atoms with Crippen LogP contribution in [0.4, 0.5) is 0 Å². The van der Waals surface area contributed by atoms with E-state index in [1.54, 1.807) is 18.3 Å². The van der Waals surface area contributed by atoms with Crippen LogP contribution >= 0.6 is 0 Å². The number of aromatic nitrogens is 1. The maximum absolute atomic E-state index is 11.8. The zero-order chi connectivity index (χ0) is 13.8. The lowest BCUT2D eigenvalue weighted by Gasteiger charge is -2.01. The molecule has 4 nitrogen and oxygen atoms in total. The minimum Gasteiger partial charge on any atom is -0.347 e. The zero-order valence-electron chi connectivity index (χ0n) is 11.3. The summed E-state index contributed by atoms with van der Waals surface area (Å²) < 4.78 is 2.00. The zero-order valence-corrected chi connectivity index (χ0v) is 11.3. The molecule has 0 atom stereocenters. The van der Waals surface area contributed by atoms with Crippen molar-refractivity contribution in [1.82, 2.24) is 9.99 Å². The first kappa shape index (κ1) is 13.1. The van der Waals surface area contributed by atoms with Gasteiger partial charge in [-0.25, -0.2) is 5.43 Å². The fourth-order valence-electron chi connectivity index (χ4n) is 1.69. The molecule has 0 radical (unpaired) electrons. The minimum absolute atomic E-state index is 0.206. The van der Waals surface area contributed by atoms with E-state index < -0.39 is 0 Å². The molecule has 0 aliphatic carbocycles. The van der Waals surface area contributed by atoms with E-state index in [1.165, 1.54) is 0 Å². The Morgan fingerprint density at radius 2 is 1.84 bits per heavy atom. The van der Waals surface area contributed by atoms with Gasteiger partial charge < -0.3 is 4.57 Å². The fraction of sp³-hybridized carbons (Fsp3) is 0.200. The third-order valence-corrected chi connectivity index (χ3v) is 3.09. The Morgan fingerprint density at radius 3 is 2.42 bits per heavy atom. The molecule has 2 rings (SSSR count). The molecule has 98 valence electrons. The maximum atomic E-state index is 11.8. The highest BCUT2D eigenvalue weighted by Crippen LogP contribution is 2.04. The first-order chi connectivity index (χ1) is 9.08. The Morgan fingerprint density at radius 1 is 1.16 bits per heavy atom. The highest BCUT2D eigenvalue weighted by Gasteiger charge is 2.03. The van der Waals surface area contributed by atoms with Crippen LogP contribution in [0.5, 0.6) is 0 Å². The Labute approximate surface area is 112 Å². The lowest BCUT2D eigenvalue weighted by molar-refractivity contribution is 0.0955. The van der Waals surface area contributed by atoms with Crippen molar-refractivity contribution in [2.45, 2.75) is 13.8 Å². The standard InChI is InChI=1S/C15H17N3O/c1-11-4-7-13(8-5-11)15(19)17-16-10-14-9-6-12(2)18(14)3/h4-10H,1-3H3,(H,17,19)/b16-10+. The molecule has 0 bridgehead atoms. The van der Waals surface area contributed by atoms with E-state index in [9.17, 15) is 4.79 Å². The molecular formula is C15H17N3O. The summed E-state index contributed by atoms with van der Waals surface area (Å²) in [5.74, 6) is -0.206. The molecule has 2 aromatic rings. The summed E-state index contributed by atoms with van der Waals surface area (Å²) in [5, 5.41) is 3.97. The second kappa shape index (κ2) is 5.52. The molecule has 0 fully saturated rings. The van der Waals surface area contributed by atoms with Crippen LogP contribution in [-0.4, -0.2) is 16.7 Å². The summed E-state index contributed by atoms with van der Waals surface area (Å²) in [7, 11) is 1.96. The highest BCUT2D eigenvalue weighted by molar-refractivity contribution is 5.94. The molecule has 0 aliphatic rings. The van der Waals surface area contributed by atoms with Crippen molar-refractivity contribution in [2.75, 3.05) is 0 Å². The summed E-state index contributed by atoms with van der Waals surface area (Å²) in [6.07, 6.45) is 1.64. The third-order valence-electron chi connectivity index (χ3n) is 3.09. The number of hydrazone groups is 1. The number of aryl methyl sites for hydroxylation is 2. The second-order valence-electron chi connectivity index (χ2n) is 4.52. The predicted octanol–water partition coefficient (Wildman–Crippen LogP) is 2.41. The molecular weight excluding hydrogens is 238 g/mol. The highest BCUT2D eigenvalue weighted by atomic mass is 16.2. The molecule has 0 unspecified atom stereocenters.